The summed E-state index contributed by atoms with van der Waals surface area (Å²) in [7, 11) is 1.60. The maximum atomic E-state index is 12.8. The summed E-state index contributed by atoms with van der Waals surface area (Å²) in [6.45, 7) is 3.25. The van der Waals surface area contributed by atoms with Gasteiger partial charge in [-0.05, 0) is 43.9 Å². The fourth-order valence-corrected chi connectivity index (χ4v) is 3.74. The third-order valence-corrected chi connectivity index (χ3v) is 5.38. The molecule has 2 aliphatic rings. The molecule has 134 valence electrons. The van der Waals surface area contributed by atoms with Crippen LogP contribution in [0, 0.1) is 11.3 Å². The molecule has 0 aromatic heterocycles. The minimum atomic E-state index is -0.505. The Balaban J connectivity index is 1.76. The summed E-state index contributed by atoms with van der Waals surface area (Å²) in [6.07, 6.45) is 2.14. The van der Waals surface area contributed by atoms with E-state index in [2.05, 4.69) is 5.32 Å². The number of anilines is 1. The van der Waals surface area contributed by atoms with Gasteiger partial charge in [0.15, 0.2) is 5.96 Å². The molecule has 7 heteroatoms. The minimum Gasteiger partial charge on any atom is -0.399 e. The first kappa shape index (κ1) is 17.3. The first-order valence-electron chi connectivity index (χ1n) is 8.58. The minimum absolute atomic E-state index is 0.0325. The van der Waals surface area contributed by atoms with Gasteiger partial charge in [-0.2, -0.15) is 0 Å². The van der Waals surface area contributed by atoms with Gasteiger partial charge in [-0.1, -0.05) is 6.07 Å². The van der Waals surface area contributed by atoms with Crippen molar-refractivity contribution in [2.24, 2.45) is 5.92 Å². The highest BCUT2D eigenvalue weighted by atomic mass is 16.2. The molecule has 2 saturated heterocycles. The Morgan fingerprint density at radius 2 is 2.20 bits per heavy atom. The van der Waals surface area contributed by atoms with Crippen molar-refractivity contribution in [3.05, 3.63) is 29.8 Å². The number of nitrogens with zero attached hydrogens (tertiary/aromatic N) is 2. The van der Waals surface area contributed by atoms with E-state index in [9.17, 15) is 9.59 Å². The van der Waals surface area contributed by atoms with Crippen LogP contribution >= 0.6 is 0 Å². The molecule has 2 heterocycles. The molecule has 7 nitrogen and oxygen atoms in total. The number of carbonyl (C=O) groups excluding carboxylic acids is 2. The number of nitrogen functional groups attached to an aromatic ring is 1. The van der Waals surface area contributed by atoms with Gasteiger partial charge in [-0.15, -0.1) is 0 Å². The SMILES string of the molecule is CN1C(=N)N[C@](C)(C2CCCN(C(=O)c3cccc(N)c3)C2)CC1=O. The Morgan fingerprint density at radius 3 is 2.88 bits per heavy atom. The maximum absolute atomic E-state index is 12.8. The van der Waals surface area contributed by atoms with Crippen LogP contribution in [0.15, 0.2) is 24.3 Å². The lowest BCUT2D eigenvalue weighted by Crippen LogP contribution is -2.65. The monoisotopic (exact) mass is 343 g/mol. The van der Waals surface area contributed by atoms with E-state index < -0.39 is 5.54 Å². The second-order valence-electron chi connectivity index (χ2n) is 7.24. The molecule has 0 aliphatic carbocycles. The molecule has 2 atom stereocenters. The molecule has 0 saturated carbocycles. The molecule has 2 aliphatic heterocycles. The number of piperidine rings is 1. The zero-order valence-electron chi connectivity index (χ0n) is 14.7. The zero-order chi connectivity index (χ0) is 18.2. The van der Waals surface area contributed by atoms with Crippen LogP contribution in [0.1, 0.15) is 36.5 Å². The van der Waals surface area contributed by atoms with Crippen molar-refractivity contribution < 1.29 is 9.59 Å². The number of benzene rings is 1. The van der Waals surface area contributed by atoms with Crippen molar-refractivity contribution in [3.63, 3.8) is 0 Å². The van der Waals surface area contributed by atoms with Crippen LogP contribution in [0.3, 0.4) is 0 Å². The van der Waals surface area contributed by atoms with Gasteiger partial charge in [0.25, 0.3) is 5.91 Å². The number of carbonyl (C=O) groups is 2. The predicted molar refractivity (Wildman–Crippen MR) is 96.1 cm³/mol. The zero-order valence-corrected chi connectivity index (χ0v) is 14.7. The van der Waals surface area contributed by atoms with E-state index in [0.717, 1.165) is 12.8 Å². The van der Waals surface area contributed by atoms with Crippen LogP contribution in [-0.4, -0.2) is 53.2 Å². The highest BCUT2D eigenvalue weighted by Gasteiger charge is 2.44. The quantitative estimate of drug-likeness (QED) is 0.704. The van der Waals surface area contributed by atoms with Gasteiger partial charge in [-0.3, -0.25) is 19.9 Å². The Morgan fingerprint density at radius 1 is 1.44 bits per heavy atom. The summed E-state index contributed by atoms with van der Waals surface area (Å²) >= 11 is 0. The summed E-state index contributed by atoms with van der Waals surface area (Å²) in [5, 5.41) is 11.2. The lowest BCUT2D eigenvalue weighted by Gasteiger charge is -2.47. The third kappa shape index (κ3) is 3.31. The summed E-state index contributed by atoms with van der Waals surface area (Å²) in [5.74, 6) is 0.141. The number of hydrogen-bond acceptors (Lipinski definition) is 4. The van der Waals surface area contributed by atoms with Crippen molar-refractivity contribution in [1.82, 2.24) is 15.1 Å². The van der Waals surface area contributed by atoms with E-state index in [0.29, 0.717) is 30.8 Å². The van der Waals surface area contributed by atoms with Gasteiger partial charge in [0.05, 0.1) is 12.0 Å². The topological polar surface area (TPSA) is 103 Å². The molecule has 1 aromatic carbocycles. The Labute approximate surface area is 147 Å². The number of nitrogens with one attached hydrogen (secondary N) is 2. The fraction of sp³-hybridized carbons (Fsp3) is 0.500. The van der Waals surface area contributed by atoms with Gasteiger partial charge in [0.2, 0.25) is 5.91 Å². The van der Waals surface area contributed by atoms with E-state index in [1.54, 1.807) is 31.3 Å². The number of rotatable bonds is 2. The summed E-state index contributed by atoms with van der Waals surface area (Å²) in [5.41, 5.74) is 6.44. The largest absolute Gasteiger partial charge is 0.399 e. The van der Waals surface area contributed by atoms with Gasteiger partial charge in [-0.25, -0.2) is 0 Å². The van der Waals surface area contributed by atoms with Crippen molar-refractivity contribution in [3.8, 4) is 0 Å². The van der Waals surface area contributed by atoms with Gasteiger partial charge >= 0.3 is 0 Å². The molecule has 0 spiro atoms. The van der Waals surface area contributed by atoms with E-state index in [-0.39, 0.29) is 23.7 Å². The number of guanidine groups is 1. The van der Waals surface area contributed by atoms with Crippen LogP contribution in [0.5, 0.6) is 0 Å². The van der Waals surface area contributed by atoms with Crippen molar-refractivity contribution in [1.29, 1.82) is 5.41 Å². The molecular weight excluding hydrogens is 318 g/mol. The Hall–Kier alpha value is -2.57. The van der Waals surface area contributed by atoms with Crippen LogP contribution in [0.2, 0.25) is 0 Å². The summed E-state index contributed by atoms with van der Waals surface area (Å²) < 4.78 is 0. The lowest BCUT2D eigenvalue weighted by molar-refractivity contribution is -0.130. The summed E-state index contributed by atoms with van der Waals surface area (Å²) in [6, 6.07) is 7.01. The highest BCUT2D eigenvalue weighted by Crippen LogP contribution is 2.33. The van der Waals surface area contributed by atoms with Crippen molar-refractivity contribution >= 4 is 23.5 Å². The van der Waals surface area contributed by atoms with Crippen LogP contribution < -0.4 is 11.1 Å². The van der Waals surface area contributed by atoms with E-state index in [4.69, 9.17) is 11.1 Å². The molecular formula is C18H25N5O2. The van der Waals surface area contributed by atoms with Gasteiger partial charge in [0.1, 0.15) is 0 Å². The Bertz CT molecular complexity index is 699. The normalized spacial score (nSPS) is 27.2. The highest BCUT2D eigenvalue weighted by molar-refractivity contribution is 5.99. The standard InChI is InChI=1S/C18H25N5O2/c1-18(10-15(24)22(2)17(20)21-18)13-6-4-8-23(11-13)16(25)12-5-3-7-14(19)9-12/h3,5,7,9,13H,4,6,8,10-11,19H2,1-2H3,(H2,20,21)/t13?,18-/m0/s1. The second-order valence-corrected chi connectivity index (χ2v) is 7.24. The average molecular weight is 343 g/mol. The van der Waals surface area contributed by atoms with E-state index >= 15 is 0 Å². The molecule has 25 heavy (non-hydrogen) atoms. The molecule has 3 rings (SSSR count). The summed E-state index contributed by atoms with van der Waals surface area (Å²) in [4.78, 5) is 28.2. The Kier molecular flexibility index (Phi) is 4.41. The maximum Gasteiger partial charge on any atom is 0.253 e. The molecule has 1 unspecified atom stereocenters. The van der Waals surface area contributed by atoms with Crippen LogP contribution in [0.4, 0.5) is 5.69 Å². The van der Waals surface area contributed by atoms with E-state index in [1.807, 2.05) is 11.8 Å². The van der Waals surface area contributed by atoms with Gasteiger partial charge < -0.3 is 16.0 Å². The van der Waals surface area contributed by atoms with Crippen molar-refractivity contribution in [2.75, 3.05) is 25.9 Å². The number of hydrogen-bond donors (Lipinski definition) is 3. The van der Waals surface area contributed by atoms with Crippen LogP contribution in [-0.2, 0) is 4.79 Å². The van der Waals surface area contributed by atoms with Crippen LogP contribution in [0.25, 0.3) is 0 Å². The molecule has 4 N–H and O–H groups in total. The smallest absolute Gasteiger partial charge is 0.253 e. The number of likely N-dealkylation sites (tertiary alicyclic amines) is 1. The number of nitrogens with two attached hydrogens (primary N) is 1. The molecule has 0 bridgehead atoms. The first-order valence-corrected chi connectivity index (χ1v) is 8.58. The average Bonchev–Trinajstić information content (AvgIpc) is 2.59. The molecule has 0 radical (unpaired) electrons. The second kappa shape index (κ2) is 6.38. The van der Waals surface area contributed by atoms with E-state index in [1.165, 1.54) is 4.90 Å². The predicted octanol–water partition coefficient (Wildman–Crippen LogP) is 1.27. The van der Waals surface area contributed by atoms with Gasteiger partial charge in [0, 0.05) is 31.4 Å². The lowest BCUT2D eigenvalue weighted by atomic mass is 9.76. The number of amides is 2. The third-order valence-electron chi connectivity index (χ3n) is 5.38. The van der Waals surface area contributed by atoms with Crippen molar-refractivity contribution in [2.45, 2.75) is 31.7 Å². The molecule has 2 fully saturated rings. The molecule has 1 aromatic rings. The fourth-order valence-electron chi connectivity index (χ4n) is 3.74. The first-order chi connectivity index (χ1) is 11.8. The molecule has 2 amide bonds.